The second-order valence-corrected chi connectivity index (χ2v) is 5.87. The van der Waals surface area contributed by atoms with E-state index >= 15 is 0 Å². The van der Waals surface area contributed by atoms with Gasteiger partial charge in [-0.3, -0.25) is 9.69 Å². The molecule has 0 aliphatic carbocycles. The summed E-state index contributed by atoms with van der Waals surface area (Å²) in [5.41, 5.74) is 1.64. The second-order valence-electron chi connectivity index (χ2n) is 4.91. The van der Waals surface area contributed by atoms with Crippen LogP contribution in [0.3, 0.4) is 0 Å². The Bertz CT molecular complexity index is 823. The molecular formula is C17H15N5OS. The number of thioether (sulfide) groups is 1. The van der Waals surface area contributed by atoms with Gasteiger partial charge < -0.3 is 0 Å². The number of aryl methyl sites for hydroxylation is 2. The largest absolute Gasteiger partial charge is 0.298 e. The van der Waals surface area contributed by atoms with Crippen LogP contribution >= 0.6 is 11.8 Å². The number of hydrogen-bond acceptors (Lipinski definition) is 6. The number of amides is 1. The Morgan fingerprint density at radius 2 is 1.92 bits per heavy atom. The molecule has 24 heavy (non-hydrogen) atoms. The molecule has 0 bridgehead atoms. The molecule has 0 N–H and O–H groups in total. The normalized spacial score (nSPS) is 9.83. The number of benzene rings is 1. The van der Waals surface area contributed by atoms with Gasteiger partial charge in [-0.25, -0.2) is 9.97 Å². The van der Waals surface area contributed by atoms with Crippen molar-refractivity contribution < 1.29 is 4.79 Å². The second kappa shape index (κ2) is 8.09. The van der Waals surface area contributed by atoms with Gasteiger partial charge in [0, 0.05) is 5.69 Å². The quantitative estimate of drug-likeness (QED) is 0.473. The van der Waals surface area contributed by atoms with Gasteiger partial charge in [-0.05, 0) is 26.0 Å². The average molecular weight is 337 g/mol. The SMILES string of the molecule is Cc1nc(C)c(C#N)c(SCC(=O)N(CC#N)c2ccccc2)n1. The molecule has 0 fully saturated rings. The van der Waals surface area contributed by atoms with E-state index in [-0.39, 0.29) is 18.2 Å². The van der Waals surface area contributed by atoms with E-state index in [4.69, 9.17) is 5.26 Å². The van der Waals surface area contributed by atoms with Crippen LogP contribution < -0.4 is 4.90 Å². The van der Waals surface area contributed by atoms with E-state index in [1.807, 2.05) is 24.3 Å². The van der Waals surface area contributed by atoms with Crippen molar-refractivity contribution in [1.82, 2.24) is 9.97 Å². The molecule has 0 atom stereocenters. The minimum atomic E-state index is -0.217. The highest BCUT2D eigenvalue weighted by atomic mass is 32.2. The van der Waals surface area contributed by atoms with Crippen LogP contribution in [0.5, 0.6) is 0 Å². The predicted octanol–water partition coefficient (Wildman–Crippen LogP) is 2.61. The summed E-state index contributed by atoms with van der Waals surface area (Å²) in [5.74, 6) is 0.421. The molecule has 0 radical (unpaired) electrons. The number of carbonyl (C=O) groups excluding carboxylic acids is 1. The third-order valence-corrected chi connectivity index (χ3v) is 4.17. The van der Waals surface area contributed by atoms with Gasteiger partial charge >= 0.3 is 0 Å². The van der Waals surface area contributed by atoms with E-state index in [0.717, 1.165) is 0 Å². The third kappa shape index (κ3) is 4.09. The van der Waals surface area contributed by atoms with Gasteiger partial charge in [0.2, 0.25) is 5.91 Å². The molecule has 6 nitrogen and oxygen atoms in total. The maximum Gasteiger partial charge on any atom is 0.238 e. The van der Waals surface area contributed by atoms with Crippen molar-refractivity contribution in [2.24, 2.45) is 0 Å². The van der Waals surface area contributed by atoms with Crippen molar-refractivity contribution in [3.05, 3.63) is 47.4 Å². The molecule has 1 aromatic heterocycles. The van der Waals surface area contributed by atoms with E-state index in [2.05, 4.69) is 16.0 Å². The number of nitrogens with zero attached hydrogens (tertiary/aromatic N) is 5. The molecule has 0 unspecified atom stereocenters. The third-order valence-electron chi connectivity index (χ3n) is 3.21. The van der Waals surface area contributed by atoms with Crippen molar-refractivity contribution in [1.29, 1.82) is 10.5 Å². The molecule has 0 aliphatic rings. The molecule has 120 valence electrons. The zero-order chi connectivity index (χ0) is 17.5. The average Bonchev–Trinajstić information content (AvgIpc) is 2.58. The monoisotopic (exact) mass is 337 g/mol. The van der Waals surface area contributed by atoms with Crippen LogP contribution in [0.15, 0.2) is 35.4 Å². The van der Waals surface area contributed by atoms with Crippen LogP contribution in [0.1, 0.15) is 17.1 Å². The fourth-order valence-electron chi connectivity index (χ4n) is 2.12. The number of para-hydroxylation sites is 1. The van der Waals surface area contributed by atoms with Gasteiger partial charge in [-0.2, -0.15) is 10.5 Å². The molecule has 2 rings (SSSR count). The fourth-order valence-corrected chi connectivity index (χ4v) is 3.07. The first kappa shape index (κ1) is 17.5. The number of rotatable bonds is 5. The number of nitriles is 2. The predicted molar refractivity (Wildman–Crippen MR) is 91.4 cm³/mol. The summed E-state index contributed by atoms with van der Waals surface area (Å²) >= 11 is 1.18. The summed E-state index contributed by atoms with van der Waals surface area (Å²) in [6.07, 6.45) is 0. The van der Waals surface area contributed by atoms with Gasteiger partial charge in [0.15, 0.2) is 0 Å². The topological polar surface area (TPSA) is 93.7 Å². The highest BCUT2D eigenvalue weighted by molar-refractivity contribution is 8.00. The van der Waals surface area contributed by atoms with Gasteiger partial charge in [-0.1, -0.05) is 30.0 Å². The van der Waals surface area contributed by atoms with Crippen LogP contribution in [-0.2, 0) is 4.79 Å². The number of hydrogen-bond donors (Lipinski definition) is 0. The van der Waals surface area contributed by atoms with Gasteiger partial charge in [-0.15, -0.1) is 0 Å². The lowest BCUT2D eigenvalue weighted by molar-refractivity contribution is -0.116. The van der Waals surface area contributed by atoms with Gasteiger partial charge in [0.1, 0.15) is 29.0 Å². The van der Waals surface area contributed by atoms with Crippen molar-refractivity contribution in [3.8, 4) is 12.1 Å². The van der Waals surface area contributed by atoms with E-state index in [9.17, 15) is 10.1 Å². The molecular weight excluding hydrogens is 322 g/mol. The highest BCUT2D eigenvalue weighted by Gasteiger charge is 2.18. The van der Waals surface area contributed by atoms with Gasteiger partial charge in [0.25, 0.3) is 0 Å². The molecule has 7 heteroatoms. The van der Waals surface area contributed by atoms with Crippen molar-refractivity contribution in [3.63, 3.8) is 0 Å². The lowest BCUT2D eigenvalue weighted by atomic mass is 10.3. The summed E-state index contributed by atoms with van der Waals surface area (Å²) in [5, 5.41) is 18.7. The molecule has 0 saturated carbocycles. The first-order chi connectivity index (χ1) is 11.6. The van der Waals surface area contributed by atoms with Crippen molar-refractivity contribution >= 4 is 23.4 Å². The number of aromatic nitrogens is 2. The summed E-state index contributed by atoms with van der Waals surface area (Å²) in [7, 11) is 0. The van der Waals surface area contributed by atoms with Gasteiger partial charge in [0.05, 0.1) is 17.5 Å². The molecule has 0 spiro atoms. The molecule has 1 amide bonds. The standard InChI is InChI=1S/C17H15N5OS/c1-12-15(10-19)17(21-13(2)20-12)24-11-16(23)22(9-8-18)14-6-4-3-5-7-14/h3-7H,9,11H2,1-2H3. The van der Waals surface area contributed by atoms with E-state index in [1.165, 1.54) is 16.7 Å². The zero-order valence-electron chi connectivity index (χ0n) is 13.4. The summed E-state index contributed by atoms with van der Waals surface area (Å²) < 4.78 is 0. The lowest BCUT2D eigenvalue weighted by Crippen LogP contribution is -2.32. The summed E-state index contributed by atoms with van der Waals surface area (Å²) in [6.45, 7) is 3.45. The maximum absolute atomic E-state index is 12.5. The van der Waals surface area contributed by atoms with E-state index in [0.29, 0.717) is 27.8 Å². The van der Waals surface area contributed by atoms with E-state index < -0.39 is 0 Å². The van der Waals surface area contributed by atoms with Crippen LogP contribution in [-0.4, -0.2) is 28.2 Å². The van der Waals surface area contributed by atoms with Crippen LogP contribution in [0.25, 0.3) is 0 Å². The molecule has 0 saturated heterocycles. The van der Waals surface area contributed by atoms with Crippen LogP contribution in [0.2, 0.25) is 0 Å². The zero-order valence-corrected chi connectivity index (χ0v) is 14.2. The Morgan fingerprint density at radius 3 is 2.54 bits per heavy atom. The molecule has 1 aromatic carbocycles. The van der Waals surface area contributed by atoms with Crippen molar-refractivity contribution in [2.75, 3.05) is 17.2 Å². The first-order valence-corrected chi connectivity index (χ1v) is 8.16. The number of anilines is 1. The van der Waals surface area contributed by atoms with Crippen LogP contribution in [0.4, 0.5) is 5.69 Å². The molecule has 2 aromatic rings. The molecule has 0 aliphatic heterocycles. The smallest absolute Gasteiger partial charge is 0.238 e. The fraction of sp³-hybridized carbons (Fsp3) is 0.235. The Hall–Kier alpha value is -2.90. The van der Waals surface area contributed by atoms with Crippen molar-refractivity contribution in [2.45, 2.75) is 18.9 Å². The lowest BCUT2D eigenvalue weighted by Gasteiger charge is -2.19. The Kier molecular flexibility index (Phi) is 5.89. The Morgan fingerprint density at radius 1 is 1.21 bits per heavy atom. The Labute approximate surface area is 144 Å². The minimum absolute atomic E-state index is 0.0314. The Balaban J connectivity index is 2.18. The highest BCUT2D eigenvalue weighted by Crippen LogP contribution is 2.23. The minimum Gasteiger partial charge on any atom is -0.298 e. The molecule has 1 heterocycles. The summed E-state index contributed by atoms with van der Waals surface area (Å²) in [4.78, 5) is 22.3. The number of carbonyl (C=O) groups is 1. The first-order valence-electron chi connectivity index (χ1n) is 7.17. The van der Waals surface area contributed by atoms with E-state index in [1.54, 1.807) is 26.0 Å². The van der Waals surface area contributed by atoms with Crippen LogP contribution in [0, 0.1) is 36.5 Å². The maximum atomic E-state index is 12.5. The summed E-state index contributed by atoms with van der Waals surface area (Å²) in [6, 6.07) is 13.1.